The molecule has 0 aromatic heterocycles. The number of likely N-dealkylation sites (tertiary alicyclic amines) is 2. The van der Waals surface area contributed by atoms with Crippen molar-refractivity contribution in [1.29, 1.82) is 0 Å². The predicted molar refractivity (Wildman–Crippen MR) is 78.3 cm³/mol. The molecule has 0 aliphatic carbocycles. The van der Waals surface area contributed by atoms with Crippen molar-refractivity contribution in [2.24, 2.45) is 5.92 Å². The van der Waals surface area contributed by atoms with Gasteiger partial charge in [0.25, 0.3) is 0 Å². The number of nitrogens with zero attached hydrogens (tertiary/aromatic N) is 2. The number of carbonyl (C=O) groups excluding carboxylic acids is 2. The van der Waals surface area contributed by atoms with Crippen LogP contribution in [0.4, 0.5) is 18.0 Å². The highest BCUT2D eigenvalue weighted by Gasteiger charge is 2.47. The van der Waals surface area contributed by atoms with Crippen LogP contribution >= 0.6 is 0 Å². The van der Waals surface area contributed by atoms with Gasteiger partial charge in [-0.15, -0.1) is 0 Å². The maximum Gasteiger partial charge on any atom is 0.409 e. The molecule has 0 N–H and O–H groups in total. The number of piperidine rings is 1. The molecule has 2 aliphatic heterocycles. The lowest BCUT2D eigenvalue weighted by atomic mass is 9.90. The number of hydrogen-bond acceptors (Lipinski definition) is 5. The Morgan fingerprint density at radius 2 is 1.83 bits per heavy atom. The minimum atomic E-state index is -4.29. The smallest absolute Gasteiger partial charge is 0.409 e. The lowest BCUT2D eigenvalue weighted by Crippen LogP contribution is -2.54. The van der Waals surface area contributed by atoms with E-state index in [1.54, 1.807) is 0 Å². The van der Waals surface area contributed by atoms with Crippen molar-refractivity contribution in [3.8, 4) is 0 Å². The predicted octanol–water partition coefficient (Wildman–Crippen LogP) is 2.03. The zero-order valence-corrected chi connectivity index (χ0v) is 13.8. The van der Waals surface area contributed by atoms with Crippen LogP contribution in [-0.2, 0) is 14.3 Å². The summed E-state index contributed by atoms with van der Waals surface area (Å²) in [6, 6.07) is -1.99. The van der Waals surface area contributed by atoms with E-state index >= 15 is 0 Å². The molecule has 6 nitrogen and oxygen atoms in total. The first kappa shape index (κ1) is 18.8. The molecule has 2 unspecified atom stereocenters. The lowest BCUT2D eigenvalue weighted by molar-refractivity contribution is -0.178. The highest BCUT2D eigenvalue weighted by molar-refractivity contribution is 5.73. The average Bonchev–Trinajstić information content (AvgIpc) is 3.01. The van der Waals surface area contributed by atoms with Gasteiger partial charge in [-0.1, -0.05) is 0 Å². The van der Waals surface area contributed by atoms with Crippen molar-refractivity contribution >= 4 is 12.1 Å². The number of rotatable bonds is 3. The molecule has 2 aliphatic rings. The van der Waals surface area contributed by atoms with Gasteiger partial charge in [-0.05, 0) is 32.2 Å². The fraction of sp³-hybridized carbons (Fsp3) is 0.867. The second-order valence-corrected chi connectivity index (χ2v) is 6.26. The molecule has 24 heavy (non-hydrogen) atoms. The van der Waals surface area contributed by atoms with E-state index in [1.165, 1.54) is 24.0 Å². The topological polar surface area (TPSA) is 59.1 Å². The molecule has 0 spiro atoms. The molecule has 3 atom stereocenters. The maximum absolute atomic E-state index is 13.1. The molecular formula is C15H23F3N2O4. The molecule has 0 saturated carbocycles. The molecule has 9 heteroatoms. The van der Waals surface area contributed by atoms with Crippen molar-refractivity contribution in [2.45, 2.75) is 43.9 Å². The highest BCUT2D eigenvalue weighted by atomic mass is 19.4. The molecule has 138 valence electrons. The number of alkyl halides is 3. The van der Waals surface area contributed by atoms with Gasteiger partial charge in [0.05, 0.1) is 20.1 Å². The first-order valence-corrected chi connectivity index (χ1v) is 8.01. The third kappa shape index (κ3) is 4.12. The van der Waals surface area contributed by atoms with Crippen LogP contribution in [-0.4, -0.2) is 74.0 Å². The fourth-order valence-electron chi connectivity index (χ4n) is 3.65. The van der Waals surface area contributed by atoms with Crippen LogP contribution in [0, 0.1) is 5.92 Å². The van der Waals surface area contributed by atoms with Crippen molar-refractivity contribution in [3.05, 3.63) is 0 Å². The summed E-state index contributed by atoms with van der Waals surface area (Å²) in [5, 5.41) is 0. The molecule has 2 fully saturated rings. The van der Waals surface area contributed by atoms with Crippen LogP contribution in [0.15, 0.2) is 0 Å². The second kappa shape index (κ2) is 7.58. The monoisotopic (exact) mass is 352 g/mol. The summed E-state index contributed by atoms with van der Waals surface area (Å²) in [4.78, 5) is 26.5. The Bertz CT molecular complexity index is 472. The molecule has 0 bridgehead atoms. The Kier molecular flexibility index (Phi) is 5.95. The van der Waals surface area contributed by atoms with Crippen LogP contribution < -0.4 is 0 Å². The van der Waals surface area contributed by atoms with Crippen molar-refractivity contribution in [3.63, 3.8) is 0 Å². The molecule has 2 rings (SSSR count). The lowest BCUT2D eigenvalue weighted by Gasteiger charge is -2.40. The summed E-state index contributed by atoms with van der Waals surface area (Å²) < 4.78 is 48.8. The number of ether oxygens (including phenoxy) is 2. The number of carbonyl (C=O) groups is 2. The Balaban J connectivity index is 2.11. The van der Waals surface area contributed by atoms with Crippen LogP contribution in [0.3, 0.4) is 0 Å². The van der Waals surface area contributed by atoms with E-state index in [9.17, 15) is 22.8 Å². The Labute approximate surface area is 138 Å². The van der Waals surface area contributed by atoms with Gasteiger partial charge < -0.3 is 14.4 Å². The fourth-order valence-corrected chi connectivity index (χ4v) is 3.65. The first-order valence-electron chi connectivity index (χ1n) is 8.01. The number of methoxy groups -OCH3 is 2. The van der Waals surface area contributed by atoms with Gasteiger partial charge in [0.15, 0.2) is 0 Å². The summed E-state index contributed by atoms with van der Waals surface area (Å²) in [7, 11) is 2.52. The maximum atomic E-state index is 13.1. The third-order valence-electron chi connectivity index (χ3n) is 4.85. The summed E-state index contributed by atoms with van der Waals surface area (Å²) >= 11 is 0. The van der Waals surface area contributed by atoms with E-state index in [2.05, 4.69) is 0 Å². The zero-order chi connectivity index (χ0) is 17.9. The van der Waals surface area contributed by atoms with Gasteiger partial charge in [0.2, 0.25) is 0 Å². The van der Waals surface area contributed by atoms with Crippen molar-refractivity contribution in [2.75, 3.05) is 33.9 Å². The van der Waals surface area contributed by atoms with Gasteiger partial charge in [0, 0.05) is 19.1 Å². The van der Waals surface area contributed by atoms with E-state index < -0.39 is 36.2 Å². The highest BCUT2D eigenvalue weighted by Crippen LogP contribution is 2.34. The standard InChI is InChI=1S/C15H23F3N2O4/c1-23-13(21)10-5-7-20(14(22)24-2)11(8-10)9-19-6-3-4-12(19)15(16,17)18/h10-12H,3-9H2,1-2H3/t10?,11?,12-/m1/s1. The molecule has 0 aromatic rings. The van der Waals surface area contributed by atoms with Gasteiger partial charge in [0.1, 0.15) is 6.04 Å². The van der Waals surface area contributed by atoms with E-state index in [-0.39, 0.29) is 25.9 Å². The summed E-state index contributed by atoms with van der Waals surface area (Å²) in [5.74, 6) is -0.800. The zero-order valence-electron chi connectivity index (χ0n) is 13.8. The summed E-state index contributed by atoms with van der Waals surface area (Å²) in [6.07, 6.45) is -3.64. The van der Waals surface area contributed by atoms with Gasteiger partial charge in [-0.2, -0.15) is 13.2 Å². The largest absolute Gasteiger partial charge is 0.469 e. The van der Waals surface area contributed by atoms with E-state index in [0.717, 1.165) is 0 Å². The number of halogens is 3. The van der Waals surface area contributed by atoms with Crippen LogP contribution in [0.25, 0.3) is 0 Å². The van der Waals surface area contributed by atoms with Gasteiger partial charge >= 0.3 is 18.2 Å². The van der Waals surface area contributed by atoms with Gasteiger partial charge in [-0.25, -0.2) is 4.79 Å². The number of amides is 1. The average molecular weight is 352 g/mol. The molecule has 0 radical (unpaired) electrons. The normalized spacial score (nSPS) is 28.7. The van der Waals surface area contributed by atoms with Crippen molar-refractivity contribution in [1.82, 2.24) is 9.80 Å². The van der Waals surface area contributed by atoms with E-state index in [0.29, 0.717) is 19.4 Å². The minimum Gasteiger partial charge on any atom is -0.469 e. The SMILES string of the molecule is COC(=O)C1CCN(C(=O)OC)C(CN2CCC[C@@H]2C(F)(F)F)C1. The Morgan fingerprint density at radius 1 is 1.12 bits per heavy atom. The summed E-state index contributed by atoms with van der Waals surface area (Å²) in [5.41, 5.74) is 0. The molecule has 1 amide bonds. The minimum absolute atomic E-state index is 0.0644. The molecule has 2 heterocycles. The number of hydrogen-bond donors (Lipinski definition) is 0. The van der Waals surface area contributed by atoms with Gasteiger partial charge in [-0.3, -0.25) is 9.69 Å². The number of esters is 1. The second-order valence-electron chi connectivity index (χ2n) is 6.26. The van der Waals surface area contributed by atoms with Crippen LogP contribution in [0.5, 0.6) is 0 Å². The third-order valence-corrected chi connectivity index (χ3v) is 4.85. The first-order chi connectivity index (χ1) is 11.3. The Hall–Kier alpha value is -1.51. The van der Waals surface area contributed by atoms with Crippen molar-refractivity contribution < 1.29 is 32.2 Å². The molecule has 2 saturated heterocycles. The van der Waals surface area contributed by atoms with Crippen LogP contribution in [0.2, 0.25) is 0 Å². The quantitative estimate of drug-likeness (QED) is 0.728. The van der Waals surface area contributed by atoms with E-state index in [4.69, 9.17) is 9.47 Å². The summed E-state index contributed by atoms with van der Waals surface area (Å²) in [6.45, 7) is 0.674. The van der Waals surface area contributed by atoms with E-state index in [1.807, 2.05) is 0 Å². The Morgan fingerprint density at radius 3 is 2.42 bits per heavy atom. The van der Waals surface area contributed by atoms with Crippen LogP contribution in [0.1, 0.15) is 25.7 Å². The molecular weight excluding hydrogens is 329 g/mol. The molecule has 0 aromatic carbocycles.